The van der Waals surface area contributed by atoms with Crippen molar-refractivity contribution >= 4 is 50.5 Å². The molecule has 9 rings (SSSR count). The van der Waals surface area contributed by atoms with Gasteiger partial charge in [-0.05, 0) is 72.3 Å². The first-order valence-electron chi connectivity index (χ1n) is 15.5. The molecule has 44 heavy (non-hydrogen) atoms. The van der Waals surface area contributed by atoms with Crippen LogP contribution in [0.25, 0.3) is 27.3 Å². The molecule has 0 N–H and O–H groups in total. The monoisotopic (exact) mass is 578 g/mol. The zero-order valence-electron chi connectivity index (χ0n) is 25.7. The van der Waals surface area contributed by atoms with Crippen molar-refractivity contribution in [3.63, 3.8) is 0 Å². The van der Waals surface area contributed by atoms with Crippen LogP contribution in [0.2, 0.25) is 0 Å². The van der Waals surface area contributed by atoms with Gasteiger partial charge in [0.05, 0.1) is 16.9 Å². The second-order valence-electron chi connectivity index (χ2n) is 13.4. The van der Waals surface area contributed by atoms with Crippen LogP contribution < -0.4 is 14.5 Å². The molecular formula is C37H34N6O. The second-order valence-corrected chi connectivity index (χ2v) is 13.4. The predicted molar refractivity (Wildman–Crippen MR) is 178 cm³/mol. The zero-order valence-corrected chi connectivity index (χ0v) is 25.7. The first-order chi connectivity index (χ1) is 21.3. The highest BCUT2D eigenvalue weighted by Gasteiger charge is 2.46. The number of anilines is 3. The van der Waals surface area contributed by atoms with Crippen molar-refractivity contribution in [3.05, 3.63) is 95.9 Å². The van der Waals surface area contributed by atoms with Gasteiger partial charge < -0.3 is 9.64 Å². The van der Waals surface area contributed by atoms with E-state index in [0.29, 0.717) is 0 Å². The van der Waals surface area contributed by atoms with Crippen molar-refractivity contribution in [1.29, 1.82) is 0 Å². The Labute approximate surface area is 256 Å². The molecule has 0 unspecified atom stereocenters. The lowest BCUT2D eigenvalue weighted by Crippen LogP contribution is -2.44. The Morgan fingerprint density at radius 2 is 1.70 bits per heavy atom. The minimum absolute atomic E-state index is 0.0464. The Hall–Kier alpha value is -4.91. The maximum atomic E-state index is 6.58. The van der Waals surface area contributed by atoms with Gasteiger partial charge in [0.15, 0.2) is 5.82 Å². The molecule has 7 heteroatoms. The number of guanidine groups is 1. The minimum Gasteiger partial charge on any atom is -0.457 e. The van der Waals surface area contributed by atoms with Gasteiger partial charge in [-0.25, -0.2) is 9.97 Å². The normalized spacial score (nSPS) is 17.8. The summed E-state index contributed by atoms with van der Waals surface area (Å²) in [5.74, 6) is 3.38. The van der Waals surface area contributed by atoms with E-state index in [1.165, 1.54) is 33.1 Å². The molecule has 0 amide bonds. The molecule has 0 spiro atoms. The highest BCUT2D eigenvalue weighted by atomic mass is 16.5. The summed E-state index contributed by atoms with van der Waals surface area (Å²) in [4.78, 5) is 19.1. The topological polar surface area (TPSA) is 58.3 Å². The first kappa shape index (κ1) is 25.6. The van der Waals surface area contributed by atoms with E-state index in [0.717, 1.165) is 65.2 Å². The first-order valence-corrected chi connectivity index (χ1v) is 15.5. The molecule has 7 nitrogen and oxygen atoms in total. The van der Waals surface area contributed by atoms with Crippen LogP contribution in [-0.2, 0) is 10.8 Å². The molecule has 3 aliphatic heterocycles. The molecule has 0 fully saturated rings. The van der Waals surface area contributed by atoms with Gasteiger partial charge in [0, 0.05) is 58.8 Å². The van der Waals surface area contributed by atoms with Gasteiger partial charge in [-0.1, -0.05) is 45.9 Å². The number of nitrogens with zero attached hydrogens (tertiary/aromatic N) is 6. The maximum Gasteiger partial charge on any atom is 0.211 e. The summed E-state index contributed by atoms with van der Waals surface area (Å²) in [7, 11) is 0. The van der Waals surface area contributed by atoms with Gasteiger partial charge in [-0.3, -0.25) is 14.3 Å². The van der Waals surface area contributed by atoms with Gasteiger partial charge >= 0.3 is 0 Å². The number of rotatable bonds is 3. The van der Waals surface area contributed by atoms with Gasteiger partial charge in [0.2, 0.25) is 5.96 Å². The van der Waals surface area contributed by atoms with Crippen molar-refractivity contribution in [2.75, 3.05) is 22.9 Å². The smallest absolute Gasteiger partial charge is 0.211 e. The van der Waals surface area contributed by atoms with Gasteiger partial charge in [-0.15, -0.1) is 0 Å². The summed E-state index contributed by atoms with van der Waals surface area (Å²) < 4.78 is 8.99. The third-order valence-corrected chi connectivity index (χ3v) is 10.6. The molecule has 0 aliphatic carbocycles. The van der Waals surface area contributed by atoms with Crippen molar-refractivity contribution in [3.8, 4) is 11.5 Å². The number of fused-ring (bicyclic) bond motifs is 6. The number of hydrogen-bond acceptors (Lipinski definition) is 6. The van der Waals surface area contributed by atoms with E-state index in [1.54, 1.807) is 0 Å². The average Bonchev–Trinajstić information content (AvgIpc) is 3.62. The quantitative estimate of drug-likeness (QED) is 0.197. The summed E-state index contributed by atoms with van der Waals surface area (Å²) in [5, 5.41) is 3.59. The van der Waals surface area contributed by atoms with Crippen molar-refractivity contribution < 1.29 is 4.74 Å². The van der Waals surface area contributed by atoms with Gasteiger partial charge in [-0.2, -0.15) is 0 Å². The van der Waals surface area contributed by atoms with Crippen LogP contribution in [0.15, 0.2) is 84.1 Å². The Bertz CT molecular complexity index is 2230. The highest BCUT2D eigenvalue weighted by Crippen LogP contribution is 2.52. The van der Waals surface area contributed by atoms with E-state index in [2.05, 4.69) is 104 Å². The highest BCUT2D eigenvalue weighted by molar-refractivity contribution is 6.19. The fraction of sp³-hybridized carbons (Fsp3) is 0.270. The molecule has 3 aromatic heterocycles. The molecule has 0 bridgehead atoms. The van der Waals surface area contributed by atoms with E-state index in [9.17, 15) is 0 Å². The molecule has 0 radical (unpaired) electrons. The predicted octanol–water partition coefficient (Wildman–Crippen LogP) is 8.42. The fourth-order valence-corrected chi connectivity index (χ4v) is 7.56. The standard InChI is InChI=1S/C37H34N6O/c1-22-12-15-28-32-31(22)26-14-13-25(20-27(26)33-40-21-30(43(32)33)37(4,5)36(28,2)3)44-24-10-6-9-23(19-24)42-34-29(11-7-16-38-34)41-18-8-17-39-35(41)42/h6-7,9-16,19-21H,8,17-18H2,1-5H3. The van der Waals surface area contributed by atoms with Crippen LogP contribution in [0, 0.1) is 6.92 Å². The number of aliphatic imine (C=N–C) groups is 1. The average molecular weight is 579 g/mol. The second kappa shape index (κ2) is 8.59. The Morgan fingerprint density at radius 3 is 2.59 bits per heavy atom. The van der Waals surface area contributed by atoms with Gasteiger partial charge in [0.25, 0.3) is 0 Å². The number of aryl methyl sites for hydroxylation is 1. The van der Waals surface area contributed by atoms with Crippen LogP contribution in [-0.4, -0.2) is 33.4 Å². The van der Waals surface area contributed by atoms with Crippen LogP contribution in [0.1, 0.15) is 50.9 Å². The lowest BCUT2D eigenvalue weighted by Gasteiger charge is -2.46. The number of hydrogen-bond donors (Lipinski definition) is 0. The Kier molecular flexibility index (Phi) is 4.99. The molecular weight excluding hydrogens is 544 g/mol. The number of ether oxygens (including phenoxy) is 1. The summed E-state index contributed by atoms with van der Waals surface area (Å²) in [6.07, 6.45) is 4.96. The summed E-state index contributed by atoms with van der Waals surface area (Å²) in [5.41, 5.74) is 8.09. The maximum absolute atomic E-state index is 6.58. The van der Waals surface area contributed by atoms with E-state index < -0.39 is 0 Å². The number of aromatic nitrogens is 3. The molecule has 0 saturated carbocycles. The van der Waals surface area contributed by atoms with Crippen LogP contribution >= 0.6 is 0 Å². The third-order valence-electron chi connectivity index (χ3n) is 10.6. The summed E-state index contributed by atoms with van der Waals surface area (Å²) in [6.45, 7) is 13.4. The number of imidazole rings is 1. The van der Waals surface area contributed by atoms with E-state index in [4.69, 9.17) is 19.7 Å². The zero-order chi connectivity index (χ0) is 30.0. The third kappa shape index (κ3) is 3.19. The molecule has 218 valence electrons. The van der Waals surface area contributed by atoms with E-state index in [1.807, 2.05) is 24.4 Å². The SMILES string of the molecule is Cc1ccc2c3c1c1ccc(Oc4cccc(N5C6=NCCCN6c6cccnc65)c4)cc1c1ncc(n13)C(C)(C)C2(C)C. The van der Waals surface area contributed by atoms with Crippen LogP contribution in [0.4, 0.5) is 17.2 Å². The van der Waals surface area contributed by atoms with Crippen LogP contribution in [0.5, 0.6) is 11.5 Å². The lowest BCUT2D eigenvalue weighted by atomic mass is 9.60. The Balaban J connectivity index is 1.18. The van der Waals surface area contributed by atoms with E-state index in [-0.39, 0.29) is 10.8 Å². The van der Waals surface area contributed by atoms with Crippen molar-refractivity contribution in [2.45, 2.75) is 51.9 Å². The molecule has 0 saturated heterocycles. The lowest BCUT2D eigenvalue weighted by molar-refractivity contribution is 0.288. The summed E-state index contributed by atoms with van der Waals surface area (Å²) >= 11 is 0. The molecule has 6 aromatic rings. The van der Waals surface area contributed by atoms with Gasteiger partial charge in [0.1, 0.15) is 17.1 Å². The Morgan fingerprint density at radius 1 is 0.841 bits per heavy atom. The van der Waals surface area contributed by atoms with E-state index >= 15 is 0 Å². The van der Waals surface area contributed by atoms with Crippen molar-refractivity contribution in [2.24, 2.45) is 4.99 Å². The minimum atomic E-state index is -0.0922. The molecule has 6 heterocycles. The molecule has 0 atom stereocenters. The number of pyridine rings is 2. The largest absolute Gasteiger partial charge is 0.457 e. The summed E-state index contributed by atoms with van der Waals surface area (Å²) in [6, 6.07) is 23.4. The molecule has 3 aromatic carbocycles. The molecule has 3 aliphatic rings. The van der Waals surface area contributed by atoms with Crippen LogP contribution in [0.3, 0.4) is 0 Å². The number of benzene rings is 3. The fourth-order valence-electron chi connectivity index (χ4n) is 7.56. The van der Waals surface area contributed by atoms with Crippen molar-refractivity contribution in [1.82, 2.24) is 14.4 Å².